The molecule has 1 aromatic heterocycles. The van der Waals surface area contributed by atoms with Crippen molar-refractivity contribution in [1.29, 1.82) is 0 Å². The number of carbonyl (C=O) groups excluding carboxylic acids is 1. The summed E-state index contributed by atoms with van der Waals surface area (Å²) in [5.41, 5.74) is 5.18. The van der Waals surface area contributed by atoms with Crippen LogP contribution in [0.2, 0.25) is 0 Å². The Kier molecular flexibility index (Phi) is 1.21. The van der Waals surface area contributed by atoms with Gasteiger partial charge in [-0.3, -0.25) is 4.79 Å². The number of imidazole rings is 1. The van der Waals surface area contributed by atoms with Crippen LogP contribution in [0.1, 0.15) is 18.3 Å². The predicted octanol–water partition coefficient (Wildman–Crippen LogP) is -0.144. The third-order valence-corrected chi connectivity index (χ3v) is 2.05. The first-order valence-electron chi connectivity index (χ1n) is 3.60. The van der Waals surface area contributed by atoms with Crippen molar-refractivity contribution in [3.8, 4) is 0 Å². The number of aromatic nitrogens is 2. The van der Waals surface area contributed by atoms with Crippen LogP contribution < -0.4 is 5.73 Å². The zero-order chi connectivity index (χ0) is 7.84. The molecule has 11 heavy (non-hydrogen) atoms. The van der Waals surface area contributed by atoms with E-state index in [0.717, 1.165) is 18.7 Å². The third kappa shape index (κ3) is 0.824. The summed E-state index contributed by atoms with van der Waals surface area (Å²) in [5.74, 6) is 0.704. The van der Waals surface area contributed by atoms with Crippen molar-refractivity contribution >= 4 is 5.91 Å². The lowest BCUT2D eigenvalue weighted by atomic mass is 10.2. The van der Waals surface area contributed by atoms with Crippen LogP contribution in [0.25, 0.3) is 0 Å². The molecule has 0 aliphatic carbocycles. The maximum absolute atomic E-state index is 10.8. The summed E-state index contributed by atoms with van der Waals surface area (Å²) < 4.78 is 1.85. The molecule has 1 aliphatic rings. The predicted molar refractivity (Wildman–Crippen MR) is 38.8 cm³/mol. The summed E-state index contributed by atoms with van der Waals surface area (Å²) in [4.78, 5) is 14.9. The van der Waals surface area contributed by atoms with Crippen LogP contribution in [0, 0.1) is 0 Å². The Balaban J connectivity index is 2.38. The average Bonchev–Trinajstić information content (AvgIpc) is 2.41. The number of nitrogens with zero attached hydrogens (tertiary/aromatic N) is 2. The highest BCUT2D eigenvalue weighted by atomic mass is 16.1. The van der Waals surface area contributed by atoms with E-state index in [0.29, 0.717) is 0 Å². The molecular weight excluding hydrogens is 142 g/mol. The highest BCUT2D eigenvalue weighted by Crippen LogP contribution is 2.23. The number of aryl methyl sites for hydroxylation is 1. The third-order valence-electron chi connectivity index (χ3n) is 2.05. The molecule has 0 bridgehead atoms. The second-order valence-corrected chi connectivity index (χ2v) is 2.71. The maximum atomic E-state index is 10.8. The smallest absolute Gasteiger partial charge is 0.240 e. The van der Waals surface area contributed by atoms with Crippen molar-refractivity contribution in [3.05, 3.63) is 18.2 Å². The van der Waals surface area contributed by atoms with Gasteiger partial charge in [0.25, 0.3) is 0 Å². The monoisotopic (exact) mass is 151 g/mol. The standard InChI is InChI=1S/C7H9N3O/c8-7(11)5-1-2-6-9-3-4-10(5)6/h3-5H,1-2H2,(H2,8,11). The van der Waals surface area contributed by atoms with Gasteiger partial charge >= 0.3 is 0 Å². The molecule has 0 saturated heterocycles. The van der Waals surface area contributed by atoms with Gasteiger partial charge in [0.15, 0.2) is 0 Å². The van der Waals surface area contributed by atoms with E-state index in [2.05, 4.69) is 4.98 Å². The van der Waals surface area contributed by atoms with Gasteiger partial charge in [-0.1, -0.05) is 0 Å². The molecule has 4 nitrogen and oxygen atoms in total. The fraction of sp³-hybridized carbons (Fsp3) is 0.429. The lowest BCUT2D eigenvalue weighted by Crippen LogP contribution is -2.23. The first-order chi connectivity index (χ1) is 5.29. The van der Waals surface area contributed by atoms with Crippen LogP contribution in [0.3, 0.4) is 0 Å². The molecule has 0 saturated carbocycles. The Labute approximate surface area is 64.0 Å². The molecule has 4 heteroatoms. The summed E-state index contributed by atoms with van der Waals surface area (Å²) in [6, 6.07) is -0.160. The van der Waals surface area contributed by atoms with Crippen LogP contribution in [0.4, 0.5) is 0 Å². The highest BCUT2D eigenvalue weighted by molar-refractivity contribution is 5.78. The quantitative estimate of drug-likeness (QED) is 0.607. The van der Waals surface area contributed by atoms with Gasteiger partial charge in [-0.25, -0.2) is 4.98 Å². The number of primary amides is 1. The number of nitrogens with two attached hydrogens (primary N) is 1. The number of hydrogen-bond acceptors (Lipinski definition) is 2. The Bertz CT molecular complexity index is 292. The van der Waals surface area contributed by atoms with Crippen LogP contribution in [0.15, 0.2) is 12.4 Å². The van der Waals surface area contributed by atoms with Crippen molar-refractivity contribution in [1.82, 2.24) is 9.55 Å². The molecule has 1 unspecified atom stereocenters. The van der Waals surface area contributed by atoms with E-state index in [1.54, 1.807) is 12.4 Å². The van der Waals surface area contributed by atoms with Crippen LogP contribution >= 0.6 is 0 Å². The summed E-state index contributed by atoms with van der Waals surface area (Å²) in [5, 5.41) is 0. The van der Waals surface area contributed by atoms with Crippen molar-refractivity contribution in [2.75, 3.05) is 0 Å². The van der Waals surface area contributed by atoms with E-state index in [9.17, 15) is 4.79 Å². The molecule has 2 N–H and O–H groups in total. The maximum Gasteiger partial charge on any atom is 0.240 e. The molecule has 1 aliphatic heterocycles. The first kappa shape index (κ1) is 6.39. The minimum Gasteiger partial charge on any atom is -0.368 e. The summed E-state index contributed by atoms with van der Waals surface area (Å²) in [7, 11) is 0. The first-order valence-corrected chi connectivity index (χ1v) is 3.60. The number of carbonyl (C=O) groups is 1. The zero-order valence-electron chi connectivity index (χ0n) is 6.03. The van der Waals surface area contributed by atoms with Crippen molar-refractivity contribution in [3.63, 3.8) is 0 Å². The van der Waals surface area contributed by atoms with Crippen molar-refractivity contribution in [2.45, 2.75) is 18.9 Å². The molecule has 1 amide bonds. The zero-order valence-corrected chi connectivity index (χ0v) is 6.03. The van der Waals surface area contributed by atoms with Gasteiger partial charge in [0, 0.05) is 18.8 Å². The SMILES string of the molecule is NC(=O)C1CCc2nccn21. The van der Waals surface area contributed by atoms with Crippen molar-refractivity contribution in [2.24, 2.45) is 5.73 Å². The lowest BCUT2D eigenvalue weighted by molar-refractivity contribution is -0.120. The lowest BCUT2D eigenvalue weighted by Gasteiger charge is -2.06. The number of fused-ring (bicyclic) bond motifs is 1. The number of rotatable bonds is 1. The van der Waals surface area contributed by atoms with E-state index in [-0.39, 0.29) is 11.9 Å². The van der Waals surface area contributed by atoms with E-state index >= 15 is 0 Å². The van der Waals surface area contributed by atoms with Gasteiger partial charge in [0.05, 0.1) is 0 Å². The Morgan fingerprint density at radius 3 is 3.36 bits per heavy atom. The largest absolute Gasteiger partial charge is 0.368 e. The van der Waals surface area contributed by atoms with Crippen LogP contribution in [-0.2, 0) is 11.2 Å². The minimum atomic E-state index is -0.262. The van der Waals surface area contributed by atoms with E-state index in [1.165, 1.54) is 0 Å². The molecule has 0 aromatic carbocycles. The van der Waals surface area contributed by atoms with Crippen molar-refractivity contribution < 1.29 is 4.79 Å². The van der Waals surface area contributed by atoms with Gasteiger partial charge in [-0.2, -0.15) is 0 Å². The van der Waals surface area contributed by atoms with Gasteiger partial charge in [-0.05, 0) is 6.42 Å². The second kappa shape index (κ2) is 2.08. The minimum absolute atomic E-state index is 0.160. The Morgan fingerprint density at radius 1 is 1.82 bits per heavy atom. The van der Waals surface area contributed by atoms with Crippen LogP contribution in [0.5, 0.6) is 0 Å². The fourth-order valence-electron chi connectivity index (χ4n) is 1.51. The van der Waals surface area contributed by atoms with Gasteiger partial charge in [0.1, 0.15) is 11.9 Å². The van der Waals surface area contributed by atoms with Gasteiger partial charge in [0.2, 0.25) is 5.91 Å². The highest BCUT2D eigenvalue weighted by Gasteiger charge is 2.25. The van der Waals surface area contributed by atoms with Gasteiger partial charge in [-0.15, -0.1) is 0 Å². The number of hydrogen-bond donors (Lipinski definition) is 1. The molecule has 1 atom stereocenters. The fourth-order valence-corrected chi connectivity index (χ4v) is 1.51. The second-order valence-electron chi connectivity index (χ2n) is 2.71. The normalized spacial score (nSPS) is 21.6. The summed E-state index contributed by atoms with van der Waals surface area (Å²) in [6.45, 7) is 0. The Morgan fingerprint density at radius 2 is 2.64 bits per heavy atom. The molecule has 2 heterocycles. The Hall–Kier alpha value is -1.32. The molecule has 0 fully saturated rings. The molecule has 0 radical (unpaired) electrons. The molecule has 0 spiro atoms. The molecule has 58 valence electrons. The van der Waals surface area contributed by atoms with Crippen LogP contribution in [-0.4, -0.2) is 15.5 Å². The molecule has 1 aromatic rings. The summed E-state index contributed by atoms with van der Waals surface area (Å²) in [6.07, 6.45) is 5.17. The average molecular weight is 151 g/mol. The molecular formula is C7H9N3O. The topological polar surface area (TPSA) is 60.9 Å². The number of amides is 1. The molecule has 2 rings (SSSR count). The van der Waals surface area contributed by atoms with Gasteiger partial charge < -0.3 is 10.3 Å². The van der Waals surface area contributed by atoms with E-state index < -0.39 is 0 Å². The van der Waals surface area contributed by atoms with E-state index in [4.69, 9.17) is 5.73 Å². The summed E-state index contributed by atoms with van der Waals surface area (Å²) >= 11 is 0. The van der Waals surface area contributed by atoms with E-state index in [1.807, 2.05) is 4.57 Å².